The number of hydrogen-bond acceptors (Lipinski definition) is 4. The highest BCUT2D eigenvalue weighted by Gasteiger charge is 2.22. The summed E-state index contributed by atoms with van der Waals surface area (Å²) in [5.74, 6) is 0. The summed E-state index contributed by atoms with van der Waals surface area (Å²) in [6.45, 7) is 0. The molecule has 0 aliphatic heterocycles. The van der Waals surface area contributed by atoms with Crippen LogP contribution in [0.5, 0.6) is 0 Å². The predicted molar refractivity (Wildman–Crippen MR) is 105 cm³/mol. The molecule has 126 valence electrons. The lowest BCUT2D eigenvalue weighted by atomic mass is 10.0. The largest absolute Gasteiger partial charge is 0.311 e. The summed E-state index contributed by atoms with van der Waals surface area (Å²) in [5, 5.41) is 11.5. The van der Waals surface area contributed by atoms with Crippen molar-refractivity contribution in [2.75, 3.05) is 0 Å². The average Bonchev–Trinajstić information content (AvgIpc) is 2.68. The minimum atomic E-state index is -0.432. The molecule has 0 saturated carbocycles. The maximum atomic E-state index is 11.5. The molecule has 4 aromatic rings. The van der Waals surface area contributed by atoms with Crippen LogP contribution < -0.4 is 0 Å². The average molecular weight is 406 g/mol. The van der Waals surface area contributed by atoms with Gasteiger partial charge in [-0.2, -0.15) is 0 Å². The van der Waals surface area contributed by atoms with E-state index < -0.39 is 4.92 Å². The fraction of sp³-hybridized carbons (Fsp3) is 0. The fourth-order valence-electron chi connectivity index (χ4n) is 2.85. The first-order valence-electron chi connectivity index (χ1n) is 7.90. The Labute approximate surface area is 157 Å². The first-order chi connectivity index (χ1) is 12.6. The SMILES string of the molecule is O=[N+]([O-])c1c(Br)ccc2nc(-c3ccccc3)c(-c3ccccc3)nc12. The predicted octanol–water partition coefficient (Wildman–Crippen LogP) is 5.63. The second kappa shape index (κ2) is 6.65. The minimum Gasteiger partial charge on any atom is -0.258 e. The van der Waals surface area contributed by atoms with Crippen LogP contribution in [0.2, 0.25) is 0 Å². The highest BCUT2D eigenvalue weighted by molar-refractivity contribution is 9.10. The second-order valence-corrected chi connectivity index (χ2v) is 6.53. The van der Waals surface area contributed by atoms with Gasteiger partial charge in [-0.25, -0.2) is 9.97 Å². The number of benzene rings is 3. The third-order valence-electron chi connectivity index (χ3n) is 4.04. The lowest BCUT2D eigenvalue weighted by Gasteiger charge is -2.11. The van der Waals surface area contributed by atoms with E-state index in [2.05, 4.69) is 20.9 Å². The quantitative estimate of drug-likeness (QED) is 0.326. The van der Waals surface area contributed by atoms with Crippen molar-refractivity contribution >= 4 is 32.7 Å². The molecule has 0 fully saturated rings. The number of rotatable bonds is 3. The van der Waals surface area contributed by atoms with Gasteiger partial charge in [-0.05, 0) is 28.1 Å². The standard InChI is InChI=1S/C20H12BrN3O2/c21-15-11-12-16-19(20(15)24(25)26)23-18(14-9-5-2-6-10-14)17(22-16)13-7-3-1-4-8-13/h1-12H. The highest BCUT2D eigenvalue weighted by atomic mass is 79.9. The van der Waals surface area contributed by atoms with Crippen LogP contribution in [0.15, 0.2) is 77.3 Å². The van der Waals surface area contributed by atoms with Crippen molar-refractivity contribution in [3.63, 3.8) is 0 Å². The van der Waals surface area contributed by atoms with Crippen molar-refractivity contribution in [3.05, 3.63) is 87.4 Å². The Kier molecular flexibility index (Phi) is 4.18. The number of nitro groups is 1. The monoisotopic (exact) mass is 405 g/mol. The molecule has 3 aromatic carbocycles. The molecule has 0 spiro atoms. The van der Waals surface area contributed by atoms with Gasteiger partial charge < -0.3 is 0 Å². The Morgan fingerprint density at radius 3 is 1.85 bits per heavy atom. The summed E-state index contributed by atoms with van der Waals surface area (Å²) in [6.07, 6.45) is 0. The van der Waals surface area contributed by atoms with Crippen molar-refractivity contribution < 1.29 is 4.92 Å². The normalized spacial score (nSPS) is 10.8. The van der Waals surface area contributed by atoms with Crippen LogP contribution in [-0.2, 0) is 0 Å². The first-order valence-corrected chi connectivity index (χ1v) is 8.70. The molecular weight excluding hydrogens is 394 g/mol. The van der Waals surface area contributed by atoms with E-state index in [4.69, 9.17) is 4.98 Å². The number of nitrogens with zero attached hydrogens (tertiary/aromatic N) is 3. The van der Waals surface area contributed by atoms with E-state index in [1.165, 1.54) is 0 Å². The van der Waals surface area contributed by atoms with Gasteiger partial charge in [0, 0.05) is 11.1 Å². The van der Waals surface area contributed by atoms with E-state index >= 15 is 0 Å². The van der Waals surface area contributed by atoms with Gasteiger partial charge in [0.1, 0.15) is 0 Å². The van der Waals surface area contributed by atoms with E-state index in [1.807, 2.05) is 60.7 Å². The van der Waals surface area contributed by atoms with Gasteiger partial charge >= 0.3 is 5.69 Å². The van der Waals surface area contributed by atoms with Gasteiger partial charge in [0.15, 0.2) is 5.52 Å². The third-order valence-corrected chi connectivity index (χ3v) is 4.68. The Morgan fingerprint density at radius 2 is 1.31 bits per heavy atom. The van der Waals surface area contributed by atoms with Gasteiger partial charge in [0.2, 0.25) is 0 Å². The molecule has 26 heavy (non-hydrogen) atoms. The molecule has 0 aliphatic rings. The maximum Gasteiger partial charge on any atom is 0.311 e. The van der Waals surface area contributed by atoms with Crippen LogP contribution >= 0.6 is 15.9 Å². The van der Waals surface area contributed by atoms with E-state index in [0.717, 1.165) is 11.1 Å². The molecular formula is C20H12BrN3O2. The second-order valence-electron chi connectivity index (χ2n) is 5.67. The molecule has 0 N–H and O–H groups in total. The van der Waals surface area contributed by atoms with Crippen LogP contribution in [0, 0.1) is 10.1 Å². The number of fused-ring (bicyclic) bond motifs is 1. The Hall–Kier alpha value is -3.12. The van der Waals surface area contributed by atoms with Crippen molar-refractivity contribution in [1.82, 2.24) is 9.97 Å². The lowest BCUT2D eigenvalue weighted by Crippen LogP contribution is -1.99. The van der Waals surface area contributed by atoms with Crippen LogP contribution in [-0.4, -0.2) is 14.9 Å². The maximum absolute atomic E-state index is 11.5. The Bertz CT molecular complexity index is 1120. The number of halogens is 1. The van der Waals surface area contributed by atoms with Crippen molar-refractivity contribution in [2.45, 2.75) is 0 Å². The van der Waals surface area contributed by atoms with Crippen LogP contribution in [0.1, 0.15) is 0 Å². The van der Waals surface area contributed by atoms with E-state index in [1.54, 1.807) is 12.1 Å². The molecule has 0 amide bonds. The van der Waals surface area contributed by atoms with Gasteiger partial charge in [0.05, 0.1) is 26.3 Å². The zero-order chi connectivity index (χ0) is 18.1. The number of aromatic nitrogens is 2. The third kappa shape index (κ3) is 2.84. The van der Waals surface area contributed by atoms with Gasteiger partial charge in [-0.15, -0.1) is 0 Å². The molecule has 1 aromatic heterocycles. The lowest BCUT2D eigenvalue weighted by molar-refractivity contribution is -0.384. The highest BCUT2D eigenvalue weighted by Crippen LogP contribution is 2.36. The van der Waals surface area contributed by atoms with Crippen LogP contribution in [0.4, 0.5) is 5.69 Å². The summed E-state index contributed by atoms with van der Waals surface area (Å²) in [4.78, 5) is 20.5. The molecule has 6 heteroatoms. The van der Waals surface area contributed by atoms with Crippen molar-refractivity contribution in [1.29, 1.82) is 0 Å². The Morgan fingerprint density at radius 1 is 0.769 bits per heavy atom. The molecule has 1 heterocycles. The van der Waals surface area contributed by atoms with E-state index in [-0.39, 0.29) is 11.2 Å². The van der Waals surface area contributed by atoms with E-state index in [9.17, 15) is 10.1 Å². The number of nitro benzene ring substituents is 1. The zero-order valence-electron chi connectivity index (χ0n) is 13.5. The summed E-state index contributed by atoms with van der Waals surface area (Å²) in [7, 11) is 0. The molecule has 5 nitrogen and oxygen atoms in total. The van der Waals surface area contributed by atoms with Crippen LogP contribution in [0.3, 0.4) is 0 Å². The fourth-order valence-corrected chi connectivity index (χ4v) is 3.32. The zero-order valence-corrected chi connectivity index (χ0v) is 15.1. The van der Waals surface area contributed by atoms with Gasteiger partial charge in [0.25, 0.3) is 0 Å². The Balaban J connectivity index is 2.10. The molecule has 0 unspecified atom stereocenters. The first kappa shape index (κ1) is 16.4. The molecule has 0 radical (unpaired) electrons. The number of hydrogen-bond donors (Lipinski definition) is 0. The summed E-state index contributed by atoms with van der Waals surface area (Å²) in [6, 6.07) is 22.6. The smallest absolute Gasteiger partial charge is 0.258 e. The molecule has 0 bridgehead atoms. The van der Waals surface area contributed by atoms with E-state index in [0.29, 0.717) is 21.4 Å². The van der Waals surface area contributed by atoms with Crippen LogP contribution in [0.25, 0.3) is 33.5 Å². The minimum absolute atomic E-state index is 0.0770. The summed E-state index contributed by atoms with van der Waals surface area (Å²) in [5.41, 5.74) is 3.75. The van der Waals surface area contributed by atoms with Crippen molar-refractivity contribution in [2.24, 2.45) is 0 Å². The summed E-state index contributed by atoms with van der Waals surface area (Å²) >= 11 is 3.25. The van der Waals surface area contributed by atoms with Crippen molar-refractivity contribution in [3.8, 4) is 22.5 Å². The van der Waals surface area contributed by atoms with Gasteiger partial charge in [-0.3, -0.25) is 10.1 Å². The molecule has 0 atom stereocenters. The summed E-state index contributed by atoms with van der Waals surface area (Å²) < 4.78 is 0.385. The molecule has 0 aliphatic carbocycles. The topological polar surface area (TPSA) is 68.9 Å². The van der Waals surface area contributed by atoms with Gasteiger partial charge in [-0.1, -0.05) is 60.7 Å². The molecule has 4 rings (SSSR count). The molecule has 0 saturated heterocycles.